The van der Waals surface area contributed by atoms with E-state index in [-0.39, 0.29) is 23.7 Å². The number of nitrogens with zero attached hydrogens (tertiary/aromatic N) is 6. The van der Waals surface area contributed by atoms with Gasteiger partial charge in [0.2, 0.25) is 0 Å². The number of fused-ring (bicyclic) bond motifs is 1. The van der Waals surface area contributed by atoms with Gasteiger partial charge in [0.25, 0.3) is 5.56 Å². The van der Waals surface area contributed by atoms with Crippen molar-refractivity contribution in [3.63, 3.8) is 0 Å². The molecule has 0 amide bonds. The van der Waals surface area contributed by atoms with E-state index in [1.54, 1.807) is 6.20 Å². The lowest BCUT2D eigenvalue weighted by atomic mass is 10.1. The molecular weight excluding hydrogens is 398 g/mol. The Morgan fingerprint density at radius 1 is 1.16 bits per heavy atom. The summed E-state index contributed by atoms with van der Waals surface area (Å²) in [6.07, 6.45) is 3.39. The van der Waals surface area contributed by atoms with E-state index >= 15 is 0 Å². The van der Waals surface area contributed by atoms with Gasteiger partial charge in [-0.25, -0.2) is 19.6 Å². The molecule has 0 radical (unpaired) electrons. The first-order valence-corrected chi connectivity index (χ1v) is 10.8. The molecule has 5 heterocycles. The van der Waals surface area contributed by atoms with Crippen molar-refractivity contribution in [2.24, 2.45) is 0 Å². The molecule has 2 fully saturated rings. The first-order valence-electron chi connectivity index (χ1n) is 10.8. The standard InChI is InChI=1S/C21H27N7O3/c1-12-8-13(2)24-21(23-12)31-16-10-27(11-16)14(3)18-25-19-17(20(29)26-18)9-22-28(19)15-4-6-30-7-5-15/h8-9,14-16H,4-7,10-11H2,1-3H3,(H,25,26,29). The molecule has 1 N–H and O–H groups in total. The van der Waals surface area contributed by atoms with Crippen molar-refractivity contribution in [2.75, 3.05) is 26.3 Å². The normalized spacial score (nSPS) is 19.5. The van der Waals surface area contributed by atoms with E-state index in [1.807, 2.05) is 31.5 Å². The third-order valence-electron chi connectivity index (χ3n) is 6.07. The molecule has 0 bridgehead atoms. The largest absolute Gasteiger partial charge is 0.457 e. The summed E-state index contributed by atoms with van der Waals surface area (Å²) in [5.74, 6) is 0.646. The van der Waals surface area contributed by atoms with Crippen LogP contribution in [0.1, 0.15) is 49.1 Å². The molecule has 3 aromatic heterocycles. The Bertz CT molecular complexity index is 1130. The Morgan fingerprint density at radius 3 is 2.58 bits per heavy atom. The Hall–Kier alpha value is -2.85. The molecular formula is C21H27N7O3. The number of likely N-dealkylation sites (tertiary alicyclic amines) is 1. The molecule has 0 aromatic carbocycles. The van der Waals surface area contributed by atoms with Gasteiger partial charge in [0.15, 0.2) is 5.65 Å². The smallest absolute Gasteiger partial charge is 0.317 e. The first kappa shape index (κ1) is 20.1. The van der Waals surface area contributed by atoms with Gasteiger partial charge in [-0.15, -0.1) is 0 Å². The van der Waals surface area contributed by atoms with Gasteiger partial charge >= 0.3 is 6.01 Å². The first-order chi connectivity index (χ1) is 15.0. The predicted octanol–water partition coefficient (Wildman–Crippen LogP) is 1.70. The van der Waals surface area contributed by atoms with E-state index in [1.165, 1.54) is 0 Å². The summed E-state index contributed by atoms with van der Waals surface area (Å²) in [6.45, 7) is 8.76. The molecule has 3 aromatic rings. The van der Waals surface area contributed by atoms with Crippen LogP contribution in [0.5, 0.6) is 6.01 Å². The van der Waals surface area contributed by atoms with E-state index in [0.717, 1.165) is 37.3 Å². The molecule has 1 unspecified atom stereocenters. The maximum atomic E-state index is 12.7. The summed E-state index contributed by atoms with van der Waals surface area (Å²) < 4.78 is 13.3. The van der Waals surface area contributed by atoms with Gasteiger partial charge in [-0.05, 0) is 39.7 Å². The monoisotopic (exact) mass is 425 g/mol. The van der Waals surface area contributed by atoms with Crippen LogP contribution >= 0.6 is 0 Å². The molecule has 164 valence electrons. The fraction of sp³-hybridized carbons (Fsp3) is 0.571. The number of rotatable bonds is 5. The highest BCUT2D eigenvalue weighted by atomic mass is 16.5. The maximum absolute atomic E-state index is 12.7. The van der Waals surface area contributed by atoms with Gasteiger partial charge in [-0.2, -0.15) is 5.10 Å². The zero-order valence-corrected chi connectivity index (χ0v) is 18.0. The van der Waals surface area contributed by atoms with Gasteiger partial charge in [0.05, 0.1) is 18.3 Å². The molecule has 0 aliphatic carbocycles. The fourth-order valence-corrected chi connectivity index (χ4v) is 4.28. The summed E-state index contributed by atoms with van der Waals surface area (Å²) >= 11 is 0. The molecule has 2 saturated heterocycles. The fourth-order valence-electron chi connectivity index (χ4n) is 4.28. The van der Waals surface area contributed by atoms with Crippen LogP contribution in [0.4, 0.5) is 0 Å². The van der Waals surface area contributed by atoms with Crippen LogP contribution in [0.3, 0.4) is 0 Å². The molecule has 0 saturated carbocycles. The Kier molecular flexibility index (Phi) is 5.19. The number of aromatic amines is 1. The summed E-state index contributed by atoms with van der Waals surface area (Å²) in [5.41, 5.74) is 2.28. The van der Waals surface area contributed by atoms with Crippen molar-refractivity contribution in [3.05, 3.63) is 39.8 Å². The van der Waals surface area contributed by atoms with Crippen LogP contribution in [-0.4, -0.2) is 67.0 Å². The SMILES string of the molecule is Cc1cc(C)nc(OC2CN(C(C)c3nc4c(cnn4C4CCOCC4)c(=O)[nH]3)C2)n1. The summed E-state index contributed by atoms with van der Waals surface area (Å²) in [6, 6.07) is 2.51. The summed E-state index contributed by atoms with van der Waals surface area (Å²) in [7, 11) is 0. The van der Waals surface area contributed by atoms with E-state index < -0.39 is 0 Å². The molecule has 31 heavy (non-hydrogen) atoms. The molecule has 5 rings (SSSR count). The lowest BCUT2D eigenvalue weighted by molar-refractivity contribution is -0.0123. The van der Waals surface area contributed by atoms with Crippen molar-refractivity contribution in [1.29, 1.82) is 0 Å². The van der Waals surface area contributed by atoms with Crippen molar-refractivity contribution >= 4 is 11.0 Å². The Labute approximate surface area is 179 Å². The minimum atomic E-state index is -0.151. The lowest BCUT2D eigenvalue weighted by Gasteiger charge is -2.41. The molecule has 10 nitrogen and oxygen atoms in total. The molecule has 0 spiro atoms. The van der Waals surface area contributed by atoms with E-state index in [4.69, 9.17) is 14.5 Å². The van der Waals surface area contributed by atoms with Crippen LogP contribution in [-0.2, 0) is 4.74 Å². The average molecular weight is 425 g/mol. The highest BCUT2D eigenvalue weighted by molar-refractivity contribution is 5.73. The highest BCUT2D eigenvalue weighted by Gasteiger charge is 2.34. The van der Waals surface area contributed by atoms with Gasteiger partial charge in [-0.3, -0.25) is 9.69 Å². The van der Waals surface area contributed by atoms with Gasteiger partial charge in [0.1, 0.15) is 17.3 Å². The van der Waals surface area contributed by atoms with Crippen molar-refractivity contribution in [2.45, 2.75) is 51.8 Å². The number of H-pyrrole nitrogens is 1. The number of nitrogens with one attached hydrogen (secondary N) is 1. The molecule has 2 aliphatic rings. The van der Waals surface area contributed by atoms with Gasteiger partial charge in [0, 0.05) is 37.7 Å². The van der Waals surface area contributed by atoms with Crippen LogP contribution < -0.4 is 10.3 Å². The van der Waals surface area contributed by atoms with Crippen LogP contribution in [0.2, 0.25) is 0 Å². The molecule has 2 aliphatic heterocycles. The molecule has 10 heteroatoms. The number of hydrogen-bond donors (Lipinski definition) is 1. The predicted molar refractivity (Wildman–Crippen MR) is 113 cm³/mol. The van der Waals surface area contributed by atoms with Gasteiger partial charge < -0.3 is 14.5 Å². The van der Waals surface area contributed by atoms with Crippen LogP contribution in [0.15, 0.2) is 17.1 Å². The number of hydrogen-bond acceptors (Lipinski definition) is 8. The Morgan fingerprint density at radius 2 is 1.87 bits per heavy atom. The third-order valence-corrected chi connectivity index (χ3v) is 6.07. The lowest BCUT2D eigenvalue weighted by Crippen LogP contribution is -2.54. The zero-order valence-electron chi connectivity index (χ0n) is 18.0. The minimum absolute atomic E-state index is 0.0202. The minimum Gasteiger partial charge on any atom is -0.457 e. The Balaban J connectivity index is 1.31. The second-order valence-electron chi connectivity index (χ2n) is 8.42. The summed E-state index contributed by atoms with van der Waals surface area (Å²) in [4.78, 5) is 31.3. The number of aromatic nitrogens is 6. The topological polar surface area (TPSA) is 111 Å². The van der Waals surface area contributed by atoms with Crippen LogP contribution in [0, 0.1) is 13.8 Å². The third kappa shape index (κ3) is 3.92. The van der Waals surface area contributed by atoms with Crippen molar-refractivity contribution in [1.82, 2.24) is 34.6 Å². The number of aryl methyl sites for hydroxylation is 2. The maximum Gasteiger partial charge on any atom is 0.317 e. The van der Waals surface area contributed by atoms with E-state index in [2.05, 4.69) is 25.0 Å². The second kappa shape index (κ2) is 8.01. The van der Waals surface area contributed by atoms with Gasteiger partial charge in [-0.1, -0.05) is 0 Å². The van der Waals surface area contributed by atoms with Crippen LogP contribution in [0.25, 0.3) is 11.0 Å². The second-order valence-corrected chi connectivity index (χ2v) is 8.42. The van der Waals surface area contributed by atoms with Crippen molar-refractivity contribution < 1.29 is 9.47 Å². The quantitative estimate of drug-likeness (QED) is 0.658. The average Bonchev–Trinajstić information content (AvgIpc) is 3.14. The van der Waals surface area contributed by atoms with E-state index in [9.17, 15) is 4.79 Å². The highest BCUT2D eigenvalue weighted by Crippen LogP contribution is 2.27. The number of ether oxygens (including phenoxy) is 2. The van der Waals surface area contributed by atoms with E-state index in [0.29, 0.717) is 36.1 Å². The summed E-state index contributed by atoms with van der Waals surface area (Å²) in [5, 5.41) is 4.99. The van der Waals surface area contributed by atoms with Crippen molar-refractivity contribution in [3.8, 4) is 6.01 Å². The zero-order chi connectivity index (χ0) is 21.5. The molecule has 1 atom stereocenters.